The van der Waals surface area contributed by atoms with E-state index >= 15 is 0 Å². The standard InChI is InChI=1S/C19H26FN5O2/c1-3-24-8-10-25(11-9-24)17-7-4-14(12-16(17)20)13(2)22-23-19(27)18(26)21-15-5-6-15/h4,7,12,15H,3,5-6,8-11H2,1-2H3,(H,21,26)(H,23,27)/b22-13-. The van der Waals surface area contributed by atoms with Crippen LogP contribution in [0.25, 0.3) is 0 Å². The molecule has 1 saturated heterocycles. The maximum absolute atomic E-state index is 14.6. The molecule has 3 rings (SSSR count). The lowest BCUT2D eigenvalue weighted by Crippen LogP contribution is -2.46. The van der Waals surface area contributed by atoms with E-state index in [-0.39, 0.29) is 11.9 Å². The molecule has 2 amide bonds. The average molecular weight is 375 g/mol. The van der Waals surface area contributed by atoms with Gasteiger partial charge < -0.3 is 15.1 Å². The van der Waals surface area contributed by atoms with Gasteiger partial charge in [0.25, 0.3) is 0 Å². The second-order valence-corrected chi connectivity index (χ2v) is 6.97. The molecule has 0 aromatic heterocycles. The number of anilines is 1. The summed E-state index contributed by atoms with van der Waals surface area (Å²) in [6.07, 6.45) is 1.81. The highest BCUT2D eigenvalue weighted by Crippen LogP contribution is 2.22. The second-order valence-electron chi connectivity index (χ2n) is 6.97. The molecule has 0 atom stereocenters. The fraction of sp³-hybridized carbons (Fsp3) is 0.526. The van der Waals surface area contributed by atoms with Crippen molar-refractivity contribution in [2.24, 2.45) is 5.10 Å². The van der Waals surface area contributed by atoms with Gasteiger partial charge in [0.15, 0.2) is 0 Å². The molecule has 27 heavy (non-hydrogen) atoms. The van der Waals surface area contributed by atoms with E-state index in [0.717, 1.165) is 45.6 Å². The molecule has 8 heteroatoms. The van der Waals surface area contributed by atoms with Crippen molar-refractivity contribution < 1.29 is 14.0 Å². The summed E-state index contributed by atoms with van der Waals surface area (Å²) in [5.41, 5.74) is 3.80. The van der Waals surface area contributed by atoms with Crippen LogP contribution in [-0.2, 0) is 9.59 Å². The Morgan fingerprint density at radius 3 is 2.48 bits per heavy atom. The van der Waals surface area contributed by atoms with Crippen LogP contribution in [0.3, 0.4) is 0 Å². The van der Waals surface area contributed by atoms with Crippen LogP contribution in [0.4, 0.5) is 10.1 Å². The normalized spacial score (nSPS) is 18.3. The van der Waals surface area contributed by atoms with Crippen LogP contribution in [0, 0.1) is 5.82 Å². The summed E-state index contributed by atoms with van der Waals surface area (Å²) in [4.78, 5) is 27.7. The number of hydrogen-bond acceptors (Lipinski definition) is 5. The lowest BCUT2D eigenvalue weighted by molar-refractivity contribution is -0.139. The van der Waals surface area contributed by atoms with Crippen LogP contribution in [0.5, 0.6) is 0 Å². The molecule has 1 heterocycles. The van der Waals surface area contributed by atoms with Gasteiger partial charge in [0.2, 0.25) is 0 Å². The molecule has 1 aromatic rings. The first kappa shape index (κ1) is 19.3. The van der Waals surface area contributed by atoms with E-state index in [0.29, 0.717) is 17.0 Å². The highest BCUT2D eigenvalue weighted by molar-refractivity contribution is 6.35. The van der Waals surface area contributed by atoms with Crippen molar-refractivity contribution in [1.29, 1.82) is 0 Å². The molecule has 1 aliphatic carbocycles. The predicted octanol–water partition coefficient (Wildman–Crippen LogP) is 1.09. The van der Waals surface area contributed by atoms with Gasteiger partial charge in [-0.25, -0.2) is 9.82 Å². The number of piperazine rings is 1. The van der Waals surface area contributed by atoms with Crippen molar-refractivity contribution in [3.05, 3.63) is 29.6 Å². The summed E-state index contributed by atoms with van der Waals surface area (Å²) in [5.74, 6) is -1.82. The topological polar surface area (TPSA) is 77.0 Å². The van der Waals surface area contributed by atoms with Crippen LogP contribution in [-0.4, -0.2) is 61.2 Å². The minimum Gasteiger partial charge on any atom is -0.367 e. The maximum Gasteiger partial charge on any atom is 0.329 e. The van der Waals surface area contributed by atoms with Crippen molar-refractivity contribution in [1.82, 2.24) is 15.6 Å². The molecule has 2 aliphatic rings. The minimum atomic E-state index is -0.813. The third-order valence-corrected chi connectivity index (χ3v) is 4.97. The van der Waals surface area contributed by atoms with Crippen LogP contribution in [0.15, 0.2) is 23.3 Å². The molecule has 1 saturated carbocycles. The van der Waals surface area contributed by atoms with Crippen molar-refractivity contribution in [3.63, 3.8) is 0 Å². The first-order chi connectivity index (χ1) is 13.0. The van der Waals surface area contributed by atoms with Gasteiger partial charge in [-0.2, -0.15) is 5.10 Å². The largest absolute Gasteiger partial charge is 0.367 e. The van der Waals surface area contributed by atoms with Gasteiger partial charge in [0.1, 0.15) is 5.82 Å². The van der Waals surface area contributed by atoms with E-state index in [4.69, 9.17) is 0 Å². The minimum absolute atomic E-state index is 0.106. The van der Waals surface area contributed by atoms with Crippen LogP contribution in [0.2, 0.25) is 0 Å². The van der Waals surface area contributed by atoms with Gasteiger partial charge in [0.05, 0.1) is 11.4 Å². The van der Waals surface area contributed by atoms with Crippen molar-refractivity contribution in [2.75, 3.05) is 37.6 Å². The summed E-state index contributed by atoms with van der Waals surface area (Å²) in [5, 5.41) is 6.50. The molecule has 2 fully saturated rings. The van der Waals surface area contributed by atoms with Crippen molar-refractivity contribution in [3.8, 4) is 0 Å². The van der Waals surface area contributed by atoms with Crippen molar-refractivity contribution >= 4 is 23.2 Å². The SMILES string of the molecule is CCN1CCN(c2ccc(/C(C)=N\NC(=O)C(=O)NC3CC3)cc2F)CC1. The molecule has 1 aromatic carbocycles. The first-order valence-corrected chi connectivity index (χ1v) is 9.40. The Bertz CT molecular complexity index is 740. The smallest absolute Gasteiger partial charge is 0.329 e. The number of hydrogen-bond donors (Lipinski definition) is 2. The summed E-state index contributed by atoms with van der Waals surface area (Å²) in [6, 6.07) is 5.04. The highest BCUT2D eigenvalue weighted by atomic mass is 19.1. The average Bonchev–Trinajstić information content (AvgIpc) is 3.49. The summed E-state index contributed by atoms with van der Waals surface area (Å²) >= 11 is 0. The number of likely N-dealkylation sites (N-methyl/N-ethyl adjacent to an activating group) is 1. The molecular formula is C19H26FN5O2. The molecule has 7 nitrogen and oxygen atoms in total. The Balaban J connectivity index is 1.60. The molecule has 1 aliphatic heterocycles. The van der Waals surface area contributed by atoms with E-state index in [1.54, 1.807) is 19.1 Å². The molecule has 0 unspecified atom stereocenters. The summed E-state index contributed by atoms with van der Waals surface area (Å²) in [7, 11) is 0. The van der Waals surface area contributed by atoms with Crippen molar-refractivity contribution in [2.45, 2.75) is 32.7 Å². The Morgan fingerprint density at radius 2 is 1.89 bits per heavy atom. The quantitative estimate of drug-likeness (QED) is 0.459. The third-order valence-electron chi connectivity index (χ3n) is 4.97. The van der Waals surface area contributed by atoms with Gasteiger partial charge >= 0.3 is 11.8 Å². The fourth-order valence-electron chi connectivity index (χ4n) is 3.02. The number of nitrogens with zero attached hydrogens (tertiary/aromatic N) is 3. The van der Waals surface area contributed by atoms with E-state index in [1.165, 1.54) is 6.07 Å². The lowest BCUT2D eigenvalue weighted by atomic mass is 10.1. The molecule has 146 valence electrons. The Kier molecular flexibility index (Phi) is 6.05. The number of amides is 2. The second kappa shape index (κ2) is 8.47. The highest BCUT2D eigenvalue weighted by Gasteiger charge is 2.26. The maximum atomic E-state index is 14.6. The van der Waals surface area contributed by atoms with Crippen LogP contribution >= 0.6 is 0 Å². The number of rotatable bonds is 5. The third kappa shape index (κ3) is 5.03. The Morgan fingerprint density at radius 1 is 1.19 bits per heavy atom. The molecule has 0 radical (unpaired) electrons. The number of benzene rings is 1. The van der Waals surface area contributed by atoms with E-state index in [9.17, 15) is 14.0 Å². The molecular weight excluding hydrogens is 349 g/mol. The fourth-order valence-corrected chi connectivity index (χ4v) is 3.02. The summed E-state index contributed by atoms with van der Waals surface area (Å²) < 4.78 is 14.6. The first-order valence-electron chi connectivity index (χ1n) is 9.40. The monoisotopic (exact) mass is 375 g/mol. The number of halogens is 1. The zero-order valence-electron chi connectivity index (χ0n) is 15.8. The molecule has 0 bridgehead atoms. The lowest BCUT2D eigenvalue weighted by Gasteiger charge is -2.35. The summed E-state index contributed by atoms with van der Waals surface area (Å²) in [6.45, 7) is 8.23. The van der Waals surface area contributed by atoms with Gasteiger partial charge in [-0.3, -0.25) is 9.59 Å². The number of carbonyl (C=O) groups is 2. The van der Waals surface area contributed by atoms with Crippen LogP contribution in [0.1, 0.15) is 32.3 Å². The van der Waals surface area contributed by atoms with Gasteiger partial charge in [-0.15, -0.1) is 0 Å². The van der Waals surface area contributed by atoms with Crippen LogP contribution < -0.4 is 15.6 Å². The number of hydrazone groups is 1. The number of nitrogens with one attached hydrogen (secondary N) is 2. The van der Waals surface area contributed by atoms with Gasteiger partial charge in [0, 0.05) is 37.8 Å². The zero-order chi connectivity index (χ0) is 19.4. The Labute approximate surface area is 158 Å². The van der Waals surface area contributed by atoms with E-state index in [1.807, 2.05) is 4.90 Å². The van der Waals surface area contributed by atoms with E-state index < -0.39 is 11.8 Å². The predicted molar refractivity (Wildman–Crippen MR) is 102 cm³/mol. The van der Waals surface area contributed by atoms with Gasteiger partial charge in [-0.1, -0.05) is 13.0 Å². The zero-order valence-corrected chi connectivity index (χ0v) is 15.8. The van der Waals surface area contributed by atoms with Gasteiger partial charge in [-0.05, 0) is 38.4 Å². The number of carbonyl (C=O) groups excluding carboxylic acids is 2. The Hall–Kier alpha value is -2.48. The molecule has 2 N–H and O–H groups in total. The molecule has 0 spiro atoms. The van der Waals surface area contributed by atoms with E-state index in [2.05, 4.69) is 27.7 Å².